The number of aliphatic hydroxyl groups excluding tert-OH is 1. The van der Waals surface area contributed by atoms with Crippen molar-refractivity contribution in [2.75, 3.05) is 26.3 Å². The van der Waals surface area contributed by atoms with Gasteiger partial charge in [-0.3, -0.25) is 4.79 Å². The SMILES string of the molecule is C=C/C=C(C/C(O)=C\C)/C(N=C(CC)N1CCC(NC(=O)CC2CCOCC2)CC1)=N/C1=C/C=C=C/C(CC)=C\C1. The molecule has 0 atom stereocenters. The van der Waals surface area contributed by atoms with E-state index in [4.69, 9.17) is 14.7 Å². The van der Waals surface area contributed by atoms with Crippen LogP contribution in [-0.2, 0) is 9.53 Å². The van der Waals surface area contributed by atoms with Gasteiger partial charge in [-0.15, -0.1) is 5.73 Å². The van der Waals surface area contributed by atoms with Gasteiger partial charge in [0.2, 0.25) is 5.91 Å². The summed E-state index contributed by atoms with van der Waals surface area (Å²) in [7, 11) is 0. The van der Waals surface area contributed by atoms with Gasteiger partial charge in [-0.05, 0) is 74.8 Å². The van der Waals surface area contributed by atoms with E-state index in [9.17, 15) is 9.90 Å². The van der Waals surface area contributed by atoms with Crippen LogP contribution in [0.15, 0.2) is 87.4 Å². The van der Waals surface area contributed by atoms with Crippen LogP contribution in [-0.4, -0.2) is 59.9 Å². The van der Waals surface area contributed by atoms with Crippen LogP contribution >= 0.6 is 0 Å². The standard InChI is InChI=1S/C34H48N4O3/c1-5-11-28(25-31(39)7-3)34(36-29-13-10-9-12-26(6-2)14-15-29)37-32(8-4)38-20-16-30(17-21-38)35-33(40)24-27-18-22-41-23-19-27/h5,7,10-14,27,30,39H,1,6,8,15-25H2,2-4H3,(H,35,40)/b26-14-,28-11+,29-13+,31-7+,36-34-,37-32?. The Kier molecular flexibility index (Phi) is 13.6. The van der Waals surface area contributed by atoms with Gasteiger partial charge in [-0.25, -0.2) is 9.98 Å². The number of allylic oxidation sites excluding steroid dienone is 8. The second-order valence-electron chi connectivity index (χ2n) is 10.8. The van der Waals surface area contributed by atoms with E-state index in [1.807, 2.05) is 31.2 Å². The summed E-state index contributed by atoms with van der Waals surface area (Å²) in [5.41, 5.74) is 6.11. The Bertz CT molecular complexity index is 1150. The molecule has 3 rings (SSSR count). The van der Waals surface area contributed by atoms with E-state index in [0.29, 0.717) is 31.0 Å². The van der Waals surface area contributed by atoms with E-state index >= 15 is 0 Å². The summed E-state index contributed by atoms with van der Waals surface area (Å²) in [5, 5.41) is 13.7. The lowest BCUT2D eigenvalue weighted by Crippen LogP contribution is -2.47. The summed E-state index contributed by atoms with van der Waals surface area (Å²) in [6, 6.07) is 0.187. The summed E-state index contributed by atoms with van der Waals surface area (Å²) in [4.78, 5) is 25.1. The van der Waals surface area contributed by atoms with Crippen molar-refractivity contribution in [2.24, 2.45) is 15.9 Å². The molecule has 2 heterocycles. The van der Waals surface area contributed by atoms with Gasteiger partial charge in [0.15, 0.2) is 5.84 Å². The van der Waals surface area contributed by atoms with Crippen LogP contribution in [0.2, 0.25) is 0 Å². The first-order chi connectivity index (χ1) is 19.9. The average Bonchev–Trinajstić information content (AvgIpc) is 2.97. The third kappa shape index (κ3) is 10.8. The smallest absolute Gasteiger partial charge is 0.220 e. The van der Waals surface area contributed by atoms with Crippen LogP contribution in [0.3, 0.4) is 0 Å². The Balaban J connectivity index is 1.78. The zero-order valence-corrected chi connectivity index (χ0v) is 25.2. The van der Waals surface area contributed by atoms with Crippen molar-refractivity contribution in [3.05, 3.63) is 77.4 Å². The maximum absolute atomic E-state index is 12.7. The molecule has 0 radical (unpaired) electrons. The van der Waals surface area contributed by atoms with Crippen molar-refractivity contribution in [1.29, 1.82) is 0 Å². The van der Waals surface area contributed by atoms with Gasteiger partial charge in [-0.1, -0.05) is 38.7 Å². The predicted molar refractivity (Wildman–Crippen MR) is 169 cm³/mol. The number of nitrogens with zero attached hydrogens (tertiary/aromatic N) is 3. The minimum absolute atomic E-state index is 0.161. The first-order valence-electron chi connectivity index (χ1n) is 15.2. The van der Waals surface area contributed by atoms with Crippen molar-refractivity contribution >= 4 is 17.6 Å². The van der Waals surface area contributed by atoms with Crippen LogP contribution < -0.4 is 5.32 Å². The largest absolute Gasteiger partial charge is 0.512 e. The highest BCUT2D eigenvalue weighted by molar-refractivity contribution is 6.07. The summed E-state index contributed by atoms with van der Waals surface area (Å²) >= 11 is 0. The normalized spacial score (nSPS) is 22.9. The first kappa shape index (κ1) is 32.1. The zero-order chi connectivity index (χ0) is 29.5. The number of aliphatic imine (C=N–C) groups is 2. The van der Waals surface area contributed by atoms with Gasteiger partial charge < -0.3 is 20.1 Å². The summed E-state index contributed by atoms with van der Waals surface area (Å²) < 4.78 is 5.43. The number of amides is 1. The van der Waals surface area contributed by atoms with Gasteiger partial charge in [0, 0.05) is 69.3 Å². The van der Waals surface area contributed by atoms with Crippen molar-refractivity contribution in [3.63, 3.8) is 0 Å². The molecule has 3 aliphatic rings. The lowest BCUT2D eigenvalue weighted by molar-refractivity contribution is -0.123. The van der Waals surface area contributed by atoms with Gasteiger partial charge in [-0.2, -0.15) is 0 Å². The van der Waals surface area contributed by atoms with Crippen molar-refractivity contribution in [3.8, 4) is 0 Å². The van der Waals surface area contributed by atoms with Gasteiger partial charge in [0.1, 0.15) is 5.84 Å². The monoisotopic (exact) mass is 560 g/mol. The Hall–Kier alpha value is -3.41. The molecule has 7 heteroatoms. The molecule has 0 bridgehead atoms. The third-order valence-electron chi connectivity index (χ3n) is 7.77. The molecule has 0 unspecified atom stereocenters. The van der Waals surface area contributed by atoms with Crippen molar-refractivity contribution in [1.82, 2.24) is 10.2 Å². The molecule has 222 valence electrons. The quantitative estimate of drug-likeness (QED) is 0.100. The number of hydrogen-bond donors (Lipinski definition) is 2. The minimum Gasteiger partial charge on any atom is -0.512 e. The zero-order valence-electron chi connectivity index (χ0n) is 25.2. The lowest BCUT2D eigenvalue weighted by Gasteiger charge is -2.34. The van der Waals surface area contributed by atoms with E-state index < -0.39 is 0 Å². The van der Waals surface area contributed by atoms with E-state index in [-0.39, 0.29) is 17.7 Å². The van der Waals surface area contributed by atoms with Gasteiger partial charge in [0.05, 0.1) is 5.76 Å². The molecule has 1 amide bonds. The predicted octanol–water partition coefficient (Wildman–Crippen LogP) is 6.89. The van der Waals surface area contributed by atoms with Crippen LogP contribution in [0.1, 0.15) is 78.6 Å². The molecule has 0 saturated carbocycles. The minimum atomic E-state index is 0.161. The molecule has 0 spiro atoms. The number of carbonyl (C=O) groups excluding carboxylic acids is 1. The second-order valence-corrected chi connectivity index (χ2v) is 10.8. The molecule has 1 aliphatic carbocycles. The second kappa shape index (κ2) is 17.4. The van der Waals surface area contributed by atoms with E-state index in [1.54, 1.807) is 12.2 Å². The van der Waals surface area contributed by atoms with Crippen molar-refractivity contribution in [2.45, 2.75) is 84.6 Å². The summed E-state index contributed by atoms with van der Waals surface area (Å²) in [6.07, 6.45) is 20.3. The van der Waals surface area contributed by atoms with Crippen LogP contribution in [0.5, 0.6) is 0 Å². The number of hydrogen-bond acceptors (Lipinski definition) is 4. The van der Waals surface area contributed by atoms with Crippen molar-refractivity contribution < 1.29 is 14.6 Å². The Morgan fingerprint density at radius 2 is 2.00 bits per heavy atom. The Labute approximate surface area is 246 Å². The molecular weight excluding hydrogens is 512 g/mol. The number of carbonyl (C=O) groups is 1. The number of likely N-dealkylation sites (tertiary alicyclic amines) is 1. The Morgan fingerprint density at radius 1 is 1.24 bits per heavy atom. The Morgan fingerprint density at radius 3 is 2.66 bits per heavy atom. The highest BCUT2D eigenvalue weighted by Gasteiger charge is 2.25. The molecule has 2 saturated heterocycles. The molecule has 0 aromatic heterocycles. The molecule has 0 aromatic carbocycles. The molecule has 2 N–H and O–H groups in total. The molecule has 2 fully saturated rings. The number of aliphatic hydroxyl groups is 1. The van der Waals surface area contributed by atoms with Crippen LogP contribution in [0.4, 0.5) is 0 Å². The van der Waals surface area contributed by atoms with Gasteiger partial charge in [0.25, 0.3) is 0 Å². The highest BCUT2D eigenvalue weighted by atomic mass is 16.5. The topological polar surface area (TPSA) is 86.5 Å². The maximum Gasteiger partial charge on any atom is 0.220 e. The molecular formula is C34H48N4O3. The fourth-order valence-electron chi connectivity index (χ4n) is 5.22. The molecule has 0 aromatic rings. The van der Waals surface area contributed by atoms with Crippen LogP contribution in [0, 0.1) is 5.92 Å². The molecule has 41 heavy (non-hydrogen) atoms. The van der Waals surface area contributed by atoms with E-state index in [1.165, 1.54) is 5.57 Å². The lowest BCUT2D eigenvalue weighted by atomic mass is 9.95. The first-order valence-corrected chi connectivity index (χ1v) is 15.2. The number of nitrogens with one attached hydrogen (secondary N) is 1. The maximum atomic E-state index is 12.7. The third-order valence-corrected chi connectivity index (χ3v) is 7.77. The number of amidine groups is 2. The fourth-order valence-corrected chi connectivity index (χ4v) is 5.22. The number of piperidine rings is 1. The molecule has 2 aliphatic heterocycles. The van der Waals surface area contributed by atoms with E-state index in [0.717, 1.165) is 81.9 Å². The van der Waals surface area contributed by atoms with Gasteiger partial charge >= 0.3 is 0 Å². The van der Waals surface area contributed by atoms with E-state index in [2.05, 4.69) is 42.5 Å². The fraction of sp³-hybridized carbons (Fsp3) is 0.529. The number of ether oxygens (including phenoxy) is 1. The number of rotatable bonds is 10. The molecule has 7 nitrogen and oxygen atoms in total. The highest BCUT2D eigenvalue weighted by Crippen LogP contribution is 2.21. The average molecular weight is 561 g/mol. The van der Waals surface area contributed by atoms with Crippen LogP contribution in [0.25, 0.3) is 0 Å². The summed E-state index contributed by atoms with van der Waals surface area (Å²) in [5.74, 6) is 2.39. The summed E-state index contributed by atoms with van der Waals surface area (Å²) in [6.45, 7) is 13.1.